The average molecular weight is 405 g/mol. The first kappa shape index (κ1) is 20.1. The number of piperazine rings is 1. The zero-order chi connectivity index (χ0) is 20.9. The second-order valence-electron chi connectivity index (χ2n) is 7.55. The van der Waals surface area contributed by atoms with Gasteiger partial charge in [0, 0.05) is 57.6 Å². The molecule has 1 aliphatic rings. The lowest BCUT2D eigenvalue weighted by Crippen LogP contribution is -2.50. The van der Waals surface area contributed by atoms with E-state index in [1.54, 1.807) is 4.90 Å². The lowest BCUT2D eigenvalue weighted by Gasteiger charge is -2.35. The Balaban J connectivity index is 1.40. The van der Waals surface area contributed by atoms with Gasteiger partial charge in [-0.1, -0.05) is 36.4 Å². The van der Waals surface area contributed by atoms with Crippen molar-refractivity contribution in [1.82, 2.24) is 19.8 Å². The van der Waals surface area contributed by atoms with Crippen LogP contribution in [0.3, 0.4) is 0 Å². The molecule has 2 N–H and O–H groups in total. The van der Waals surface area contributed by atoms with Gasteiger partial charge in [-0.3, -0.25) is 4.90 Å². The monoisotopic (exact) mass is 404 g/mol. The first-order chi connectivity index (χ1) is 14.6. The third-order valence-corrected chi connectivity index (χ3v) is 5.72. The first-order valence-electron chi connectivity index (χ1n) is 10.5. The van der Waals surface area contributed by atoms with Crippen molar-refractivity contribution in [3.8, 4) is 11.3 Å². The van der Waals surface area contributed by atoms with Crippen LogP contribution in [0.4, 0.5) is 10.7 Å². The molecule has 3 aromatic rings. The normalized spacial score (nSPS) is 14.8. The number of primary amides is 1. The number of anilines is 1. The van der Waals surface area contributed by atoms with E-state index in [0.717, 1.165) is 49.9 Å². The summed E-state index contributed by atoms with van der Waals surface area (Å²) in [6, 6.07) is 16.4. The number of nitrogens with two attached hydrogens (primary N) is 1. The summed E-state index contributed by atoms with van der Waals surface area (Å²) in [5.74, 6) is 0.771. The Morgan fingerprint density at radius 3 is 2.57 bits per heavy atom. The van der Waals surface area contributed by atoms with Crippen LogP contribution in [-0.4, -0.2) is 71.6 Å². The van der Waals surface area contributed by atoms with Gasteiger partial charge in [0.1, 0.15) is 0 Å². The number of fused-ring (bicyclic) bond motifs is 1. The maximum atomic E-state index is 11.4. The fraction of sp³-hybridized carbons (Fsp3) is 0.348. The Hall–Kier alpha value is -3.19. The average Bonchev–Trinajstić information content (AvgIpc) is 2.79. The van der Waals surface area contributed by atoms with Crippen molar-refractivity contribution in [2.75, 3.05) is 50.7 Å². The van der Waals surface area contributed by atoms with E-state index < -0.39 is 0 Å². The highest BCUT2D eigenvalue weighted by Gasteiger charge is 2.20. The van der Waals surface area contributed by atoms with Gasteiger partial charge in [0.15, 0.2) is 0 Å². The summed E-state index contributed by atoms with van der Waals surface area (Å²) in [5.41, 5.74) is 7.43. The van der Waals surface area contributed by atoms with Gasteiger partial charge < -0.3 is 15.5 Å². The topological polar surface area (TPSA) is 78.6 Å². The number of rotatable bonds is 6. The number of aromatic nitrogens is 2. The van der Waals surface area contributed by atoms with E-state index in [-0.39, 0.29) is 6.03 Å². The molecule has 0 unspecified atom stereocenters. The third kappa shape index (κ3) is 4.52. The summed E-state index contributed by atoms with van der Waals surface area (Å²) >= 11 is 0. The molecule has 4 rings (SSSR count). The molecule has 1 saturated heterocycles. The van der Waals surface area contributed by atoms with Crippen LogP contribution in [0.1, 0.15) is 6.92 Å². The lowest BCUT2D eigenvalue weighted by molar-refractivity contribution is 0.189. The number of carbonyl (C=O) groups is 1. The molecule has 0 aliphatic carbocycles. The number of urea groups is 1. The highest BCUT2D eigenvalue weighted by Crippen LogP contribution is 2.24. The van der Waals surface area contributed by atoms with Crippen molar-refractivity contribution in [2.45, 2.75) is 6.92 Å². The van der Waals surface area contributed by atoms with Crippen molar-refractivity contribution < 1.29 is 4.79 Å². The first-order valence-corrected chi connectivity index (χ1v) is 10.5. The lowest BCUT2D eigenvalue weighted by atomic mass is 10.1. The van der Waals surface area contributed by atoms with Gasteiger partial charge in [-0.2, -0.15) is 0 Å². The highest BCUT2D eigenvalue weighted by atomic mass is 16.2. The van der Waals surface area contributed by atoms with Gasteiger partial charge >= 0.3 is 6.03 Å². The van der Waals surface area contributed by atoms with Crippen molar-refractivity contribution >= 4 is 22.8 Å². The molecule has 2 heterocycles. The van der Waals surface area contributed by atoms with Crippen LogP contribution in [0.2, 0.25) is 0 Å². The van der Waals surface area contributed by atoms with Crippen molar-refractivity contribution in [1.29, 1.82) is 0 Å². The second-order valence-corrected chi connectivity index (χ2v) is 7.55. The predicted octanol–water partition coefficient (Wildman–Crippen LogP) is 2.82. The summed E-state index contributed by atoms with van der Waals surface area (Å²) < 4.78 is 0. The van der Waals surface area contributed by atoms with Crippen LogP contribution >= 0.6 is 0 Å². The molecule has 1 aromatic heterocycles. The fourth-order valence-corrected chi connectivity index (χ4v) is 3.87. The Kier molecular flexibility index (Phi) is 6.09. The number of amides is 2. The van der Waals surface area contributed by atoms with Gasteiger partial charge in [0.05, 0.1) is 5.69 Å². The van der Waals surface area contributed by atoms with E-state index >= 15 is 0 Å². The van der Waals surface area contributed by atoms with E-state index in [1.165, 1.54) is 10.8 Å². The second kappa shape index (κ2) is 9.09. The zero-order valence-corrected chi connectivity index (χ0v) is 17.4. The van der Waals surface area contributed by atoms with Gasteiger partial charge in [-0.25, -0.2) is 14.8 Å². The minimum absolute atomic E-state index is 0.352. The summed E-state index contributed by atoms with van der Waals surface area (Å²) in [7, 11) is 0. The number of likely N-dealkylation sites (N-methyl/N-ethyl adjacent to an activating group) is 1. The Morgan fingerprint density at radius 2 is 1.83 bits per heavy atom. The molecule has 156 valence electrons. The molecule has 0 radical (unpaired) electrons. The van der Waals surface area contributed by atoms with Crippen LogP contribution < -0.4 is 10.6 Å². The van der Waals surface area contributed by atoms with E-state index in [4.69, 9.17) is 10.7 Å². The quantitative estimate of drug-likeness (QED) is 0.683. The maximum absolute atomic E-state index is 11.4. The predicted molar refractivity (Wildman–Crippen MR) is 120 cm³/mol. The molecule has 1 aliphatic heterocycles. The number of carbonyl (C=O) groups excluding carboxylic acids is 1. The molecule has 0 atom stereocenters. The molecule has 30 heavy (non-hydrogen) atoms. The van der Waals surface area contributed by atoms with E-state index in [9.17, 15) is 4.79 Å². The highest BCUT2D eigenvalue weighted by molar-refractivity contribution is 5.86. The van der Waals surface area contributed by atoms with Crippen LogP contribution in [0, 0.1) is 0 Å². The number of benzene rings is 2. The minimum atomic E-state index is -0.352. The van der Waals surface area contributed by atoms with Crippen LogP contribution in [0.25, 0.3) is 22.0 Å². The number of hydrogen-bond donors (Lipinski definition) is 1. The van der Waals surface area contributed by atoms with Gasteiger partial charge in [0.2, 0.25) is 5.95 Å². The van der Waals surface area contributed by atoms with Crippen molar-refractivity contribution in [3.05, 3.63) is 54.7 Å². The van der Waals surface area contributed by atoms with Crippen LogP contribution in [0.5, 0.6) is 0 Å². The number of hydrogen-bond acceptors (Lipinski definition) is 5. The van der Waals surface area contributed by atoms with E-state index in [1.807, 2.05) is 19.2 Å². The van der Waals surface area contributed by atoms with Crippen LogP contribution in [0.15, 0.2) is 54.7 Å². The molecular weight excluding hydrogens is 376 g/mol. The smallest absolute Gasteiger partial charge is 0.314 e. The minimum Gasteiger partial charge on any atom is -0.351 e. The maximum Gasteiger partial charge on any atom is 0.314 e. The number of nitrogens with zero attached hydrogens (tertiary/aromatic N) is 5. The molecule has 0 spiro atoms. The molecule has 7 heteroatoms. The molecule has 7 nitrogen and oxygen atoms in total. The molecular formula is C23H28N6O. The summed E-state index contributed by atoms with van der Waals surface area (Å²) in [6.45, 7) is 7.66. The SMILES string of the molecule is CCN(CCN1CCN(c2nccc(-c3ccc4ccccc4c3)n2)CC1)C(N)=O. The molecule has 2 amide bonds. The van der Waals surface area contributed by atoms with Crippen LogP contribution in [-0.2, 0) is 0 Å². The van der Waals surface area contributed by atoms with Gasteiger partial charge in [0.25, 0.3) is 0 Å². The largest absolute Gasteiger partial charge is 0.351 e. The summed E-state index contributed by atoms with van der Waals surface area (Å²) in [6.07, 6.45) is 1.84. The van der Waals surface area contributed by atoms with E-state index in [0.29, 0.717) is 13.1 Å². The zero-order valence-electron chi connectivity index (χ0n) is 17.4. The van der Waals surface area contributed by atoms with Gasteiger partial charge in [-0.15, -0.1) is 0 Å². The Labute approximate surface area is 177 Å². The Morgan fingerprint density at radius 1 is 1.07 bits per heavy atom. The van der Waals surface area contributed by atoms with Crippen molar-refractivity contribution in [2.24, 2.45) is 5.73 Å². The standard InChI is InChI=1S/C23H28N6O/c1-2-28(22(24)30)14-11-27-12-15-29(16-13-27)23-25-10-9-21(26-23)20-8-7-18-5-3-4-6-19(18)17-20/h3-10,17H,2,11-16H2,1H3,(H2,24,30). The molecule has 0 saturated carbocycles. The Bertz CT molecular complexity index is 1020. The van der Waals surface area contributed by atoms with E-state index in [2.05, 4.69) is 57.2 Å². The van der Waals surface area contributed by atoms with Gasteiger partial charge in [-0.05, 0) is 29.8 Å². The van der Waals surface area contributed by atoms with Crippen molar-refractivity contribution in [3.63, 3.8) is 0 Å². The molecule has 2 aromatic carbocycles. The third-order valence-electron chi connectivity index (χ3n) is 5.72. The molecule has 1 fully saturated rings. The molecule has 0 bridgehead atoms. The fourth-order valence-electron chi connectivity index (χ4n) is 3.87. The summed E-state index contributed by atoms with van der Waals surface area (Å²) in [5, 5.41) is 2.44. The summed E-state index contributed by atoms with van der Waals surface area (Å²) in [4.78, 5) is 27.0.